The van der Waals surface area contributed by atoms with Gasteiger partial charge in [0.15, 0.2) is 0 Å². The largest absolute Gasteiger partial charge is 0.478 e. The molecule has 0 aliphatic carbocycles. The Hall–Kier alpha value is -2.74. The van der Waals surface area contributed by atoms with E-state index in [9.17, 15) is 19.5 Å². The fourth-order valence-electron chi connectivity index (χ4n) is 2.49. The maximum Gasteiger partial charge on any atom is 0.336 e. The molecule has 1 aliphatic heterocycles. The lowest BCUT2D eigenvalue weighted by Gasteiger charge is -2.14. The molecule has 0 bridgehead atoms. The Balaban J connectivity index is 1.86. The summed E-state index contributed by atoms with van der Waals surface area (Å²) in [6.45, 7) is 3.35. The highest BCUT2D eigenvalue weighted by molar-refractivity contribution is 7.15. The number of carbonyl (C=O) groups excluding carboxylic acids is 2. The highest BCUT2D eigenvalue weighted by Crippen LogP contribution is 2.30. The molecule has 0 spiro atoms. The summed E-state index contributed by atoms with van der Waals surface area (Å²) < 4.78 is 0. The van der Waals surface area contributed by atoms with Gasteiger partial charge in [-0.1, -0.05) is 18.2 Å². The number of nitrogens with zero attached hydrogens (tertiary/aromatic N) is 2. The van der Waals surface area contributed by atoms with Crippen LogP contribution in [0.5, 0.6) is 0 Å². The number of imide groups is 1. The minimum atomic E-state index is -1.02. The molecule has 124 valence electrons. The molecule has 1 aliphatic rings. The molecule has 3 rings (SSSR count). The molecule has 0 atom stereocenters. The maximum atomic E-state index is 12.2. The van der Waals surface area contributed by atoms with Crippen molar-refractivity contribution in [2.45, 2.75) is 25.9 Å². The second kappa shape index (κ2) is 5.72. The van der Waals surface area contributed by atoms with Crippen molar-refractivity contribution < 1.29 is 19.5 Å². The maximum absolute atomic E-state index is 12.2. The lowest BCUT2D eigenvalue weighted by Crippen LogP contribution is -2.40. The predicted octanol–water partition coefficient (Wildman–Crippen LogP) is 2.34. The van der Waals surface area contributed by atoms with Gasteiger partial charge in [-0.2, -0.15) is 0 Å². The summed E-state index contributed by atoms with van der Waals surface area (Å²) in [5, 5.41) is 12.4. The van der Waals surface area contributed by atoms with E-state index in [4.69, 9.17) is 0 Å². The van der Waals surface area contributed by atoms with Crippen molar-refractivity contribution in [2.24, 2.45) is 0 Å². The first-order valence-corrected chi connectivity index (χ1v) is 8.03. The number of aromatic carboxylic acids is 1. The molecule has 3 amide bonds. The monoisotopic (exact) mass is 345 g/mol. The molecule has 7 nitrogen and oxygen atoms in total. The van der Waals surface area contributed by atoms with Gasteiger partial charge in [-0.3, -0.25) is 9.69 Å². The standard InChI is InChI=1S/C16H15N3O4S/c1-16(2)14(22)19(15(23)18-16)8-12-17-7-11(24-12)9-5-3-4-6-10(9)13(20)21/h3-7H,8H2,1-2H3,(H,18,23)(H,20,21). The third kappa shape index (κ3) is 2.76. The number of carbonyl (C=O) groups is 3. The number of carboxylic acid groups (broad SMARTS) is 1. The molecule has 0 unspecified atom stereocenters. The Bertz CT molecular complexity index is 843. The van der Waals surface area contributed by atoms with Crippen LogP contribution >= 0.6 is 11.3 Å². The van der Waals surface area contributed by atoms with Crippen molar-refractivity contribution in [3.63, 3.8) is 0 Å². The first-order chi connectivity index (χ1) is 11.3. The summed E-state index contributed by atoms with van der Waals surface area (Å²) in [5.74, 6) is -1.33. The minimum absolute atomic E-state index is 0.0635. The average molecular weight is 345 g/mol. The number of amides is 3. The number of thiazole rings is 1. The molecule has 1 aromatic carbocycles. The van der Waals surface area contributed by atoms with Gasteiger partial charge >= 0.3 is 12.0 Å². The van der Waals surface area contributed by atoms with E-state index in [1.807, 2.05) is 0 Å². The first kappa shape index (κ1) is 16.1. The van der Waals surface area contributed by atoms with E-state index in [2.05, 4.69) is 10.3 Å². The Morgan fingerprint density at radius 1 is 1.33 bits per heavy atom. The number of hydrogen-bond donors (Lipinski definition) is 2. The second-order valence-electron chi connectivity index (χ2n) is 5.92. The SMILES string of the molecule is CC1(C)NC(=O)N(Cc2ncc(-c3ccccc3C(=O)O)s2)C1=O. The van der Waals surface area contributed by atoms with Gasteiger partial charge in [-0.25, -0.2) is 14.6 Å². The Kier molecular flexibility index (Phi) is 3.84. The van der Waals surface area contributed by atoms with Gasteiger partial charge in [0.05, 0.1) is 17.0 Å². The van der Waals surface area contributed by atoms with E-state index in [0.717, 1.165) is 4.90 Å². The van der Waals surface area contributed by atoms with Crippen LogP contribution in [0.15, 0.2) is 30.5 Å². The van der Waals surface area contributed by atoms with Crippen LogP contribution in [0.2, 0.25) is 0 Å². The molecule has 1 aromatic heterocycles. The Morgan fingerprint density at radius 2 is 2.04 bits per heavy atom. The van der Waals surface area contributed by atoms with Crippen molar-refractivity contribution in [1.29, 1.82) is 0 Å². The second-order valence-corrected chi connectivity index (χ2v) is 7.03. The number of nitrogens with one attached hydrogen (secondary N) is 1. The van der Waals surface area contributed by atoms with E-state index in [1.54, 1.807) is 38.2 Å². The van der Waals surface area contributed by atoms with Gasteiger partial charge in [0.1, 0.15) is 10.5 Å². The summed E-state index contributed by atoms with van der Waals surface area (Å²) in [6.07, 6.45) is 1.56. The number of carboxylic acids is 1. The number of benzene rings is 1. The summed E-state index contributed by atoms with van der Waals surface area (Å²) in [7, 11) is 0. The average Bonchev–Trinajstić information content (AvgIpc) is 3.06. The van der Waals surface area contributed by atoms with Crippen LogP contribution in [-0.2, 0) is 11.3 Å². The Morgan fingerprint density at radius 3 is 2.67 bits per heavy atom. The zero-order valence-corrected chi connectivity index (χ0v) is 13.9. The number of hydrogen-bond acceptors (Lipinski definition) is 5. The lowest BCUT2D eigenvalue weighted by molar-refractivity contribution is -0.130. The van der Waals surface area contributed by atoms with Crippen LogP contribution < -0.4 is 5.32 Å². The molecule has 2 aromatic rings. The van der Waals surface area contributed by atoms with Crippen LogP contribution in [0.3, 0.4) is 0 Å². The summed E-state index contributed by atoms with van der Waals surface area (Å²) >= 11 is 1.26. The van der Waals surface area contributed by atoms with Gasteiger partial charge in [0.25, 0.3) is 5.91 Å². The number of urea groups is 1. The normalized spacial score (nSPS) is 16.3. The summed E-state index contributed by atoms with van der Waals surface area (Å²) in [4.78, 5) is 41.5. The van der Waals surface area contributed by atoms with Crippen LogP contribution in [0.1, 0.15) is 29.2 Å². The van der Waals surface area contributed by atoms with Gasteiger partial charge in [0, 0.05) is 11.8 Å². The van der Waals surface area contributed by atoms with Crippen LogP contribution in [0.4, 0.5) is 4.79 Å². The van der Waals surface area contributed by atoms with E-state index < -0.39 is 17.5 Å². The quantitative estimate of drug-likeness (QED) is 0.829. The summed E-state index contributed by atoms with van der Waals surface area (Å²) in [5.41, 5.74) is -0.178. The third-order valence-corrected chi connectivity index (χ3v) is 4.73. The Labute approximate surface area is 141 Å². The first-order valence-electron chi connectivity index (χ1n) is 7.21. The van der Waals surface area contributed by atoms with Crippen LogP contribution in [0.25, 0.3) is 10.4 Å². The zero-order valence-electron chi connectivity index (χ0n) is 13.1. The highest BCUT2D eigenvalue weighted by atomic mass is 32.1. The highest BCUT2D eigenvalue weighted by Gasteiger charge is 2.44. The molecular weight excluding hydrogens is 330 g/mol. The van der Waals surface area contributed by atoms with Crippen LogP contribution in [0, 0.1) is 0 Å². The van der Waals surface area contributed by atoms with Crippen molar-refractivity contribution >= 4 is 29.2 Å². The van der Waals surface area contributed by atoms with Crippen molar-refractivity contribution in [1.82, 2.24) is 15.2 Å². The van der Waals surface area contributed by atoms with Crippen molar-refractivity contribution in [3.05, 3.63) is 41.0 Å². The topological polar surface area (TPSA) is 99.6 Å². The number of rotatable bonds is 4. The van der Waals surface area contributed by atoms with Gasteiger partial charge < -0.3 is 10.4 Å². The van der Waals surface area contributed by atoms with E-state index in [-0.39, 0.29) is 18.0 Å². The number of aromatic nitrogens is 1. The molecule has 1 fully saturated rings. The van der Waals surface area contributed by atoms with Gasteiger partial charge in [0.2, 0.25) is 0 Å². The zero-order chi connectivity index (χ0) is 17.5. The van der Waals surface area contributed by atoms with E-state index in [1.165, 1.54) is 17.4 Å². The van der Waals surface area contributed by atoms with Gasteiger partial charge in [-0.15, -0.1) is 11.3 Å². The molecule has 0 saturated carbocycles. The summed E-state index contributed by atoms with van der Waals surface area (Å²) in [6, 6.07) is 6.19. The molecule has 1 saturated heterocycles. The minimum Gasteiger partial charge on any atom is -0.478 e. The third-order valence-electron chi connectivity index (χ3n) is 3.71. The van der Waals surface area contributed by atoms with E-state index >= 15 is 0 Å². The molecule has 8 heteroatoms. The smallest absolute Gasteiger partial charge is 0.336 e. The van der Waals surface area contributed by atoms with Gasteiger partial charge in [-0.05, 0) is 19.9 Å². The molecule has 2 heterocycles. The molecule has 24 heavy (non-hydrogen) atoms. The molecule has 0 radical (unpaired) electrons. The molecule has 2 N–H and O–H groups in total. The molecular formula is C16H15N3O4S. The van der Waals surface area contributed by atoms with Crippen LogP contribution in [-0.4, -0.2) is 38.4 Å². The lowest BCUT2D eigenvalue weighted by atomic mass is 10.1. The van der Waals surface area contributed by atoms with E-state index in [0.29, 0.717) is 15.4 Å². The van der Waals surface area contributed by atoms with Crippen molar-refractivity contribution in [2.75, 3.05) is 0 Å². The van der Waals surface area contributed by atoms with Crippen molar-refractivity contribution in [3.8, 4) is 10.4 Å². The fraction of sp³-hybridized carbons (Fsp3) is 0.250. The fourth-order valence-corrected chi connectivity index (χ4v) is 3.44. The predicted molar refractivity (Wildman–Crippen MR) is 87.7 cm³/mol.